The number of benzene rings is 2. The molecule has 2 N–H and O–H groups in total. The Balaban J connectivity index is 1.88. The van der Waals surface area contributed by atoms with Gasteiger partial charge >= 0.3 is 5.97 Å². The van der Waals surface area contributed by atoms with Crippen molar-refractivity contribution in [3.8, 4) is 5.75 Å². The van der Waals surface area contributed by atoms with E-state index >= 15 is 0 Å². The first kappa shape index (κ1) is 21.2. The second-order valence-corrected chi connectivity index (χ2v) is 7.28. The molecule has 2 aromatic rings. The first-order chi connectivity index (χ1) is 14.2. The fraction of sp³-hybridized carbons (Fsp3) is 0.182. The van der Waals surface area contributed by atoms with Crippen molar-refractivity contribution in [2.75, 3.05) is 4.90 Å². The highest BCUT2D eigenvalue weighted by Gasteiger charge is 2.34. The molecule has 0 spiro atoms. The van der Waals surface area contributed by atoms with Crippen LogP contribution in [0.4, 0.5) is 5.69 Å². The van der Waals surface area contributed by atoms with Gasteiger partial charge < -0.3 is 9.84 Å². The highest BCUT2D eigenvalue weighted by atomic mass is 32.1. The number of ether oxygens (including phenoxy) is 1. The summed E-state index contributed by atoms with van der Waals surface area (Å²) >= 11 is 5.22. The first-order valence-electron chi connectivity index (χ1n) is 9.15. The molecule has 0 aromatic heterocycles. The highest BCUT2D eigenvalue weighted by Crippen LogP contribution is 2.25. The normalized spacial score (nSPS) is 16.4. The van der Waals surface area contributed by atoms with E-state index in [1.54, 1.807) is 30.3 Å². The van der Waals surface area contributed by atoms with E-state index in [0.717, 1.165) is 11.1 Å². The van der Waals surface area contributed by atoms with Gasteiger partial charge in [-0.1, -0.05) is 18.2 Å². The molecule has 2 amide bonds. The number of aryl methyl sites for hydroxylation is 2. The molecule has 30 heavy (non-hydrogen) atoms. The Morgan fingerprint density at radius 1 is 1.13 bits per heavy atom. The molecule has 1 atom stereocenters. The van der Waals surface area contributed by atoms with E-state index in [2.05, 4.69) is 5.32 Å². The third-order valence-corrected chi connectivity index (χ3v) is 4.99. The Morgan fingerprint density at radius 3 is 2.40 bits per heavy atom. The van der Waals surface area contributed by atoms with Crippen LogP contribution in [0.2, 0.25) is 0 Å². The number of carbonyl (C=O) groups excluding carboxylic acids is 2. The number of rotatable bonds is 5. The van der Waals surface area contributed by atoms with Gasteiger partial charge in [0.2, 0.25) is 0 Å². The van der Waals surface area contributed by atoms with E-state index < -0.39 is 23.9 Å². The van der Waals surface area contributed by atoms with E-state index in [9.17, 15) is 14.4 Å². The van der Waals surface area contributed by atoms with Crippen molar-refractivity contribution in [3.05, 3.63) is 64.7 Å². The number of thiocarbonyl (C=S) groups is 1. The lowest BCUT2D eigenvalue weighted by molar-refractivity contribution is -0.144. The summed E-state index contributed by atoms with van der Waals surface area (Å²) in [5.74, 6) is -1.81. The highest BCUT2D eigenvalue weighted by molar-refractivity contribution is 7.80. The Bertz CT molecular complexity index is 1080. The molecule has 1 aliphatic heterocycles. The van der Waals surface area contributed by atoms with Crippen molar-refractivity contribution in [2.45, 2.75) is 26.9 Å². The van der Waals surface area contributed by atoms with Gasteiger partial charge in [-0.25, -0.2) is 4.79 Å². The minimum absolute atomic E-state index is 0.0248. The summed E-state index contributed by atoms with van der Waals surface area (Å²) in [4.78, 5) is 37.6. The molecular formula is C22H20N2O5S. The quantitative estimate of drug-likeness (QED) is 0.435. The molecule has 0 unspecified atom stereocenters. The van der Waals surface area contributed by atoms with Crippen LogP contribution in [0.1, 0.15) is 23.6 Å². The molecule has 7 nitrogen and oxygen atoms in total. The van der Waals surface area contributed by atoms with Crippen LogP contribution in [-0.2, 0) is 14.4 Å². The topological polar surface area (TPSA) is 95.9 Å². The molecule has 3 rings (SSSR count). The predicted octanol–water partition coefficient (Wildman–Crippen LogP) is 2.99. The van der Waals surface area contributed by atoms with Gasteiger partial charge in [-0.3, -0.25) is 19.8 Å². The molecule has 154 valence electrons. The fourth-order valence-corrected chi connectivity index (χ4v) is 3.10. The molecule has 1 heterocycles. The zero-order valence-corrected chi connectivity index (χ0v) is 17.4. The number of carbonyl (C=O) groups is 3. The number of nitrogens with one attached hydrogen (secondary N) is 1. The van der Waals surface area contributed by atoms with Crippen LogP contribution < -0.4 is 15.0 Å². The lowest BCUT2D eigenvalue weighted by Crippen LogP contribution is -2.54. The molecule has 1 fully saturated rings. The first-order valence-corrected chi connectivity index (χ1v) is 9.56. The second kappa shape index (κ2) is 8.46. The van der Waals surface area contributed by atoms with Crippen LogP contribution in [0, 0.1) is 13.8 Å². The van der Waals surface area contributed by atoms with Crippen molar-refractivity contribution in [2.24, 2.45) is 0 Å². The van der Waals surface area contributed by atoms with Gasteiger partial charge in [0.1, 0.15) is 11.3 Å². The zero-order chi connectivity index (χ0) is 22.0. The van der Waals surface area contributed by atoms with E-state index in [1.165, 1.54) is 17.9 Å². The van der Waals surface area contributed by atoms with Crippen molar-refractivity contribution >= 4 is 46.9 Å². The average Bonchev–Trinajstić information content (AvgIpc) is 2.69. The summed E-state index contributed by atoms with van der Waals surface area (Å²) in [5.41, 5.74) is 3.17. The van der Waals surface area contributed by atoms with Crippen LogP contribution in [0.15, 0.2) is 48.0 Å². The molecule has 0 bridgehead atoms. The lowest BCUT2D eigenvalue weighted by Gasteiger charge is -2.29. The Kier molecular flexibility index (Phi) is 5.98. The number of hydrogen-bond acceptors (Lipinski definition) is 5. The van der Waals surface area contributed by atoms with E-state index in [-0.39, 0.29) is 10.7 Å². The molecule has 1 saturated heterocycles. The second-order valence-electron chi connectivity index (χ2n) is 6.89. The maximum absolute atomic E-state index is 13.1. The standard InChI is InChI=1S/C22H20N2O5S/c1-12-4-7-16(10-13(12)2)24-20(26)18(19(25)23-22(24)30)11-15-5-8-17(9-6-15)29-14(3)21(27)28/h4-11,14H,1-3H3,(H,27,28)(H,23,25,30)/b18-11+/t14-/m0/s1. The molecule has 0 aliphatic carbocycles. The van der Waals surface area contributed by atoms with Crippen molar-refractivity contribution in [1.29, 1.82) is 0 Å². The van der Waals surface area contributed by atoms with Crippen LogP contribution in [0.25, 0.3) is 6.08 Å². The molecule has 1 aliphatic rings. The Morgan fingerprint density at radius 2 is 1.80 bits per heavy atom. The number of carboxylic acids is 1. The molecule has 2 aromatic carbocycles. The van der Waals surface area contributed by atoms with E-state index in [4.69, 9.17) is 22.1 Å². The maximum atomic E-state index is 13.1. The third-order valence-electron chi connectivity index (χ3n) is 4.70. The summed E-state index contributed by atoms with van der Waals surface area (Å²) in [5, 5.41) is 11.5. The van der Waals surface area contributed by atoms with Crippen molar-refractivity contribution < 1.29 is 24.2 Å². The van der Waals surface area contributed by atoms with E-state index in [0.29, 0.717) is 17.0 Å². The fourth-order valence-electron chi connectivity index (χ4n) is 2.82. The summed E-state index contributed by atoms with van der Waals surface area (Å²) < 4.78 is 5.28. The van der Waals surface area contributed by atoms with Gasteiger partial charge in [-0.15, -0.1) is 0 Å². The largest absolute Gasteiger partial charge is 0.479 e. The smallest absolute Gasteiger partial charge is 0.344 e. The Hall–Kier alpha value is -3.52. The van der Waals surface area contributed by atoms with Gasteiger partial charge in [0.25, 0.3) is 11.8 Å². The molecule has 0 saturated carbocycles. The number of aliphatic carboxylic acids is 1. The summed E-state index contributed by atoms with van der Waals surface area (Å²) in [6, 6.07) is 11.9. The van der Waals surface area contributed by atoms with Gasteiger partial charge in [-0.05, 0) is 80.0 Å². The minimum atomic E-state index is -1.08. The minimum Gasteiger partial charge on any atom is -0.479 e. The maximum Gasteiger partial charge on any atom is 0.344 e. The lowest BCUT2D eigenvalue weighted by atomic mass is 10.1. The van der Waals surface area contributed by atoms with Crippen LogP contribution in [0.5, 0.6) is 5.75 Å². The van der Waals surface area contributed by atoms with Crippen LogP contribution >= 0.6 is 12.2 Å². The number of nitrogens with zero attached hydrogens (tertiary/aromatic N) is 1. The molecule has 8 heteroatoms. The number of carboxylic acid groups (broad SMARTS) is 1. The predicted molar refractivity (Wildman–Crippen MR) is 116 cm³/mol. The number of amides is 2. The van der Waals surface area contributed by atoms with Crippen molar-refractivity contribution in [3.63, 3.8) is 0 Å². The van der Waals surface area contributed by atoms with Crippen molar-refractivity contribution in [1.82, 2.24) is 5.32 Å². The SMILES string of the molecule is Cc1ccc(N2C(=O)/C(=C/c3ccc(O[C@@H](C)C(=O)O)cc3)C(=O)NC2=S)cc1C. The zero-order valence-electron chi connectivity index (χ0n) is 16.6. The number of hydrogen-bond donors (Lipinski definition) is 2. The van der Waals surface area contributed by atoms with Gasteiger partial charge in [0.15, 0.2) is 11.2 Å². The average molecular weight is 424 g/mol. The Labute approximate surface area is 179 Å². The van der Waals surface area contributed by atoms with Gasteiger partial charge in [-0.2, -0.15) is 0 Å². The summed E-state index contributed by atoms with van der Waals surface area (Å²) in [7, 11) is 0. The molecule has 0 radical (unpaired) electrons. The third kappa shape index (κ3) is 4.38. The van der Waals surface area contributed by atoms with Gasteiger partial charge in [0.05, 0.1) is 5.69 Å². The monoisotopic (exact) mass is 424 g/mol. The number of anilines is 1. The summed E-state index contributed by atoms with van der Waals surface area (Å²) in [6.07, 6.45) is 0.463. The molecular weight excluding hydrogens is 404 g/mol. The van der Waals surface area contributed by atoms with Gasteiger partial charge in [0, 0.05) is 0 Å². The van der Waals surface area contributed by atoms with E-state index in [1.807, 2.05) is 26.0 Å². The van der Waals surface area contributed by atoms with Crippen LogP contribution in [0.3, 0.4) is 0 Å². The summed E-state index contributed by atoms with van der Waals surface area (Å²) in [6.45, 7) is 5.32. The van der Waals surface area contributed by atoms with Crippen LogP contribution in [-0.4, -0.2) is 34.1 Å².